The van der Waals surface area contributed by atoms with Crippen molar-refractivity contribution >= 4 is 23.5 Å². The average Bonchev–Trinajstić information content (AvgIpc) is 3.05. The molecule has 1 fully saturated rings. The number of benzene rings is 1. The number of fused-ring (bicyclic) bond motifs is 1. The molecule has 31 heavy (non-hydrogen) atoms. The second kappa shape index (κ2) is 8.99. The fourth-order valence-electron chi connectivity index (χ4n) is 4.82. The van der Waals surface area contributed by atoms with Crippen molar-refractivity contribution in [2.75, 3.05) is 6.54 Å². The molecule has 2 aromatic rings. The van der Waals surface area contributed by atoms with Gasteiger partial charge >= 0.3 is 5.97 Å². The van der Waals surface area contributed by atoms with Crippen LogP contribution in [-0.4, -0.2) is 38.2 Å². The molecule has 2 aliphatic rings. The molecule has 1 aromatic carbocycles. The predicted molar refractivity (Wildman–Crippen MR) is 114 cm³/mol. The maximum absolute atomic E-state index is 14.3. The van der Waals surface area contributed by atoms with Crippen molar-refractivity contribution in [3.63, 3.8) is 0 Å². The molecule has 0 unspecified atom stereocenters. The van der Waals surface area contributed by atoms with Crippen molar-refractivity contribution in [3.8, 4) is 0 Å². The fourth-order valence-corrected chi connectivity index (χ4v) is 4.98. The molecule has 0 bridgehead atoms. The van der Waals surface area contributed by atoms with E-state index in [1.54, 1.807) is 16.8 Å². The second-order valence-corrected chi connectivity index (χ2v) is 9.17. The number of carbonyl (C=O) groups excluding carboxylic acids is 1. The Labute approximate surface area is 186 Å². The monoisotopic (exact) mass is 447 g/mol. The molecule has 0 radical (unpaired) electrons. The van der Waals surface area contributed by atoms with Gasteiger partial charge in [0.05, 0.1) is 30.4 Å². The molecule has 6 nitrogen and oxygen atoms in total. The Balaban J connectivity index is 1.43. The van der Waals surface area contributed by atoms with E-state index in [1.165, 1.54) is 6.07 Å². The summed E-state index contributed by atoms with van der Waals surface area (Å²) in [7, 11) is 0. The number of hydrogen-bond acceptors (Lipinski definition) is 3. The summed E-state index contributed by atoms with van der Waals surface area (Å²) in [6, 6.07) is 4.63. The third-order valence-corrected chi connectivity index (χ3v) is 6.92. The Morgan fingerprint density at radius 3 is 2.68 bits per heavy atom. The highest BCUT2D eigenvalue weighted by Gasteiger charge is 2.31. The number of halogens is 2. The van der Waals surface area contributed by atoms with Crippen molar-refractivity contribution < 1.29 is 19.1 Å². The topological polar surface area (TPSA) is 75.4 Å². The molecular weight excluding hydrogens is 421 g/mol. The largest absolute Gasteiger partial charge is 0.481 e. The van der Waals surface area contributed by atoms with E-state index in [0.717, 1.165) is 36.2 Å². The fraction of sp³-hybridized carbons (Fsp3) is 0.522. The van der Waals surface area contributed by atoms with Crippen LogP contribution in [0.4, 0.5) is 4.39 Å². The van der Waals surface area contributed by atoms with Crippen molar-refractivity contribution in [2.24, 2.45) is 11.8 Å². The van der Waals surface area contributed by atoms with Crippen LogP contribution >= 0.6 is 11.6 Å². The number of carbonyl (C=O) groups is 2. The van der Waals surface area contributed by atoms with Crippen LogP contribution in [0.2, 0.25) is 5.02 Å². The zero-order chi connectivity index (χ0) is 22.1. The Morgan fingerprint density at radius 2 is 2.00 bits per heavy atom. The van der Waals surface area contributed by atoms with Crippen LogP contribution in [-0.2, 0) is 29.1 Å². The maximum Gasteiger partial charge on any atom is 0.306 e. The van der Waals surface area contributed by atoms with E-state index >= 15 is 0 Å². The number of amides is 1. The maximum atomic E-state index is 14.3. The van der Waals surface area contributed by atoms with Crippen LogP contribution in [0.25, 0.3) is 0 Å². The molecule has 0 saturated heterocycles. The van der Waals surface area contributed by atoms with Gasteiger partial charge in [-0.05, 0) is 62.6 Å². The molecule has 1 aromatic heterocycles. The van der Waals surface area contributed by atoms with Crippen molar-refractivity contribution in [1.29, 1.82) is 0 Å². The van der Waals surface area contributed by atoms with Gasteiger partial charge in [-0.1, -0.05) is 17.7 Å². The van der Waals surface area contributed by atoms with Gasteiger partial charge < -0.3 is 10.0 Å². The van der Waals surface area contributed by atoms with E-state index in [0.29, 0.717) is 49.5 Å². The van der Waals surface area contributed by atoms with Crippen molar-refractivity contribution in [3.05, 3.63) is 51.6 Å². The summed E-state index contributed by atoms with van der Waals surface area (Å²) in [5, 5.41) is 14.1. The van der Waals surface area contributed by atoms with Gasteiger partial charge in [0.25, 0.3) is 0 Å². The smallest absolute Gasteiger partial charge is 0.306 e. The lowest BCUT2D eigenvalue weighted by Crippen LogP contribution is -2.38. The van der Waals surface area contributed by atoms with Gasteiger partial charge in [0.2, 0.25) is 5.91 Å². The van der Waals surface area contributed by atoms with Crippen LogP contribution in [0.3, 0.4) is 0 Å². The first kappa shape index (κ1) is 21.8. The minimum Gasteiger partial charge on any atom is -0.481 e. The zero-order valence-electron chi connectivity index (χ0n) is 17.6. The quantitative estimate of drug-likeness (QED) is 0.745. The van der Waals surface area contributed by atoms with Gasteiger partial charge in [0.15, 0.2) is 0 Å². The van der Waals surface area contributed by atoms with E-state index < -0.39 is 5.97 Å². The first-order chi connectivity index (χ1) is 14.8. The lowest BCUT2D eigenvalue weighted by atomic mass is 9.80. The van der Waals surface area contributed by atoms with E-state index in [-0.39, 0.29) is 23.6 Å². The first-order valence-corrected chi connectivity index (χ1v) is 11.2. The summed E-state index contributed by atoms with van der Waals surface area (Å²) < 4.78 is 16.1. The number of carboxylic acid groups (broad SMARTS) is 1. The first-order valence-electron chi connectivity index (χ1n) is 10.8. The Bertz CT molecular complexity index is 998. The molecule has 1 saturated carbocycles. The van der Waals surface area contributed by atoms with E-state index in [4.69, 9.17) is 16.7 Å². The lowest BCUT2D eigenvalue weighted by Gasteiger charge is -2.31. The molecule has 8 heteroatoms. The summed E-state index contributed by atoms with van der Waals surface area (Å²) in [6.45, 7) is 3.36. The summed E-state index contributed by atoms with van der Waals surface area (Å²) in [6.07, 6.45) is 4.07. The number of aliphatic carboxylic acids is 1. The molecule has 0 spiro atoms. The van der Waals surface area contributed by atoms with Crippen LogP contribution in [0.15, 0.2) is 18.2 Å². The van der Waals surface area contributed by atoms with E-state index in [2.05, 4.69) is 5.10 Å². The predicted octanol–water partition coefficient (Wildman–Crippen LogP) is 4.20. The third kappa shape index (κ3) is 4.76. The number of aryl methyl sites for hydroxylation is 1. The Kier molecular flexibility index (Phi) is 6.32. The number of aromatic nitrogens is 2. The SMILES string of the molecule is Cc1nn(Cc2ccc(Cl)cc2F)c2c1CCN(C(=O)C[C@H]1CC[C@@H](C(=O)O)CC1)C2. The van der Waals surface area contributed by atoms with Gasteiger partial charge in [-0.15, -0.1) is 0 Å². The lowest BCUT2D eigenvalue weighted by molar-refractivity contribution is -0.143. The normalized spacial score (nSPS) is 21.1. The molecule has 166 valence electrons. The third-order valence-electron chi connectivity index (χ3n) is 6.69. The van der Waals surface area contributed by atoms with E-state index in [1.807, 2.05) is 11.8 Å². The van der Waals surface area contributed by atoms with Gasteiger partial charge in [-0.3, -0.25) is 14.3 Å². The second-order valence-electron chi connectivity index (χ2n) is 8.73. The zero-order valence-corrected chi connectivity index (χ0v) is 18.4. The summed E-state index contributed by atoms with van der Waals surface area (Å²) in [5.74, 6) is -1.01. The van der Waals surface area contributed by atoms with E-state index in [9.17, 15) is 14.0 Å². The summed E-state index contributed by atoms with van der Waals surface area (Å²) in [5.41, 5.74) is 3.53. The molecule has 1 aliphatic carbocycles. The molecular formula is C23H27ClFN3O3. The van der Waals surface area contributed by atoms with Crippen LogP contribution in [0, 0.1) is 24.6 Å². The Morgan fingerprint density at radius 1 is 1.26 bits per heavy atom. The molecule has 0 atom stereocenters. The van der Waals surface area contributed by atoms with Crippen LogP contribution < -0.4 is 0 Å². The van der Waals surface area contributed by atoms with Gasteiger partial charge in [-0.25, -0.2) is 4.39 Å². The summed E-state index contributed by atoms with van der Waals surface area (Å²) in [4.78, 5) is 26.0. The summed E-state index contributed by atoms with van der Waals surface area (Å²) >= 11 is 5.86. The van der Waals surface area contributed by atoms with Gasteiger partial charge in [-0.2, -0.15) is 5.10 Å². The van der Waals surface area contributed by atoms with Crippen molar-refractivity contribution in [1.82, 2.24) is 14.7 Å². The van der Waals surface area contributed by atoms with Crippen LogP contribution in [0.5, 0.6) is 0 Å². The standard InChI is InChI=1S/C23H27ClFN3O3/c1-14-19-8-9-27(22(29)10-15-2-4-16(5-3-15)23(30)31)13-21(19)28(26-14)12-17-6-7-18(24)11-20(17)25/h6-7,11,15-16H,2-5,8-10,12-13H2,1H3,(H,30,31)/t15-,16+. The molecule has 4 rings (SSSR count). The molecule has 1 amide bonds. The highest BCUT2D eigenvalue weighted by Crippen LogP contribution is 2.32. The number of rotatable bonds is 5. The minimum absolute atomic E-state index is 0.104. The number of hydrogen-bond donors (Lipinski definition) is 1. The van der Waals surface area contributed by atoms with Gasteiger partial charge in [0, 0.05) is 23.6 Å². The highest BCUT2D eigenvalue weighted by molar-refractivity contribution is 6.30. The molecule has 2 heterocycles. The molecule has 1 N–H and O–H groups in total. The highest BCUT2D eigenvalue weighted by atomic mass is 35.5. The number of nitrogens with zero attached hydrogens (tertiary/aromatic N) is 3. The average molecular weight is 448 g/mol. The van der Waals surface area contributed by atoms with Crippen molar-refractivity contribution in [2.45, 2.75) is 58.5 Å². The number of carboxylic acids is 1. The Hall–Kier alpha value is -2.41. The van der Waals surface area contributed by atoms with Crippen LogP contribution in [0.1, 0.15) is 54.6 Å². The molecule has 1 aliphatic heterocycles. The minimum atomic E-state index is -0.728. The van der Waals surface area contributed by atoms with Gasteiger partial charge in [0.1, 0.15) is 5.82 Å².